The fourth-order valence-electron chi connectivity index (χ4n) is 1.72. The van der Waals surface area contributed by atoms with Crippen LogP contribution in [-0.2, 0) is 0 Å². The maximum Gasteiger partial charge on any atom is 0.214 e. The number of hydrogen-bond donors (Lipinski definition) is 1. The van der Waals surface area contributed by atoms with Gasteiger partial charge < -0.3 is 10.1 Å². The largest absolute Gasteiger partial charge is 0.492 e. The van der Waals surface area contributed by atoms with Crippen LogP contribution in [0.3, 0.4) is 0 Å². The van der Waals surface area contributed by atoms with Crippen molar-refractivity contribution in [3.63, 3.8) is 0 Å². The van der Waals surface area contributed by atoms with E-state index in [1.165, 1.54) is 11.3 Å². The van der Waals surface area contributed by atoms with Crippen molar-refractivity contribution in [2.75, 3.05) is 18.5 Å². The standard InChI is InChI=1S/C13H14N4OS/c1-10-9-17-13(15-10)19-12(16-17)14-7-8-18-11-5-3-2-4-6-11/h2-6,9H,7-8H2,1H3,(H,14,16). The Labute approximate surface area is 114 Å². The van der Waals surface area contributed by atoms with Gasteiger partial charge in [0.1, 0.15) is 12.4 Å². The average Bonchev–Trinajstić information content (AvgIpc) is 2.93. The number of benzene rings is 1. The van der Waals surface area contributed by atoms with Crippen LogP contribution in [0.15, 0.2) is 36.5 Å². The van der Waals surface area contributed by atoms with Crippen molar-refractivity contribution in [1.82, 2.24) is 14.6 Å². The molecule has 2 heterocycles. The summed E-state index contributed by atoms with van der Waals surface area (Å²) >= 11 is 1.54. The van der Waals surface area contributed by atoms with Crippen molar-refractivity contribution in [2.45, 2.75) is 6.92 Å². The number of fused-ring (bicyclic) bond motifs is 1. The molecule has 0 aliphatic rings. The minimum absolute atomic E-state index is 0.602. The van der Waals surface area contributed by atoms with Gasteiger partial charge in [0.15, 0.2) is 0 Å². The Morgan fingerprint density at radius 1 is 1.32 bits per heavy atom. The highest BCUT2D eigenvalue weighted by molar-refractivity contribution is 7.20. The van der Waals surface area contributed by atoms with Crippen molar-refractivity contribution in [2.24, 2.45) is 0 Å². The smallest absolute Gasteiger partial charge is 0.214 e. The van der Waals surface area contributed by atoms with E-state index < -0.39 is 0 Å². The number of nitrogens with zero attached hydrogens (tertiary/aromatic N) is 3. The first-order valence-electron chi connectivity index (χ1n) is 6.06. The summed E-state index contributed by atoms with van der Waals surface area (Å²) in [6, 6.07) is 9.78. The van der Waals surface area contributed by atoms with Gasteiger partial charge in [-0.3, -0.25) is 0 Å². The molecule has 0 fully saturated rings. The zero-order valence-electron chi connectivity index (χ0n) is 10.5. The maximum atomic E-state index is 5.59. The van der Waals surface area contributed by atoms with Gasteiger partial charge in [0.2, 0.25) is 10.1 Å². The van der Waals surface area contributed by atoms with Crippen LogP contribution in [0.25, 0.3) is 4.96 Å². The fraction of sp³-hybridized carbons (Fsp3) is 0.231. The molecule has 0 saturated heterocycles. The fourth-order valence-corrected chi connectivity index (χ4v) is 2.58. The lowest BCUT2D eigenvalue weighted by Crippen LogP contribution is -2.11. The Bertz CT molecular complexity index is 630. The molecule has 2 aromatic heterocycles. The number of nitrogens with one attached hydrogen (secondary N) is 1. The number of aryl methyl sites for hydroxylation is 1. The van der Waals surface area contributed by atoms with E-state index in [0.717, 1.165) is 21.5 Å². The zero-order valence-corrected chi connectivity index (χ0v) is 11.4. The molecule has 19 heavy (non-hydrogen) atoms. The van der Waals surface area contributed by atoms with Gasteiger partial charge in [-0.25, -0.2) is 9.50 Å². The molecule has 0 saturated carbocycles. The van der Waals surface area contributed by atoms with Crippen LogP contribution < -0.4 is 10.1 Å². The molecule has 0 aliphatic heterocycles. The first-order chi connectivity index (χ1) is 9.31. The van der Waals surface area contributed by atoms with Crippen LogP contribution in [0.5, 0.6) is 5.75 Å². The van der Waals surface area contributed by atoms with Gasteiger partial charge in [-0.1, -0.05) is 29.5 Å². The Hall–Kier alpha value is -2.08. The second-order valence-corrected chi connectivity index (χ2v) is 5.06. The number of aromatic nitrogens is 3. The van der Waals surface area contributed by atoms with Crippen LogP contribution in [0.2, 0.25) is 0 Å². The summed E-state index contributed by atoms with van der Waals surface area (Å²) in [6.45, 7) is 3.28. The van der Waals surface area contributed by atoms with Crippen molar-refractivity contribution >= 4 is 21.4 Å². The molecular weight excluding hydrogens is 260 g/mol. The van der Waals surface area contributed by atoms with Crippen molar-refractivity contribution in [3.8, 4) is 5.75 Å². The average molecular weight is 274 g/mol. The molecule has 5 nitrogen and oxygen atoms in total. The van der Waals surface area contributed by atoms with Crippen molar-refractivity contribution < 1.29 is 4.74 Å². The van der Waals surface area contributed by atoms with Crippen LogP contribution >= 0.6 is 11.3 Å². The van der Waals surface area contributed by atoms with Gasteiger partial charge >= 0.3 is 0 Å². The molecule has 1 N–H and O–H groups in total. The molecule has 3 aromatic rings. The van der Waals surface area contributed by atoms with Crippen molar-refractivity contribution in [1.29, 1.82) is 0 Å². The molecule has 0 aliphatic carbocycles. The third kappa shape index (κ3) is 2.85. The van der Waals surface area contributed by atoms with Crippen LogP contribution in [0.1, 0.15) is 5.69 Å². The molecule has 0 radical (unpaired) electrons. The Morgan fingerprint density at radius 2 is 2.16 bits per heavy atom. The Morgan fingerprint density at radius 3 is 2.95 bits per heavy atom. The summed E-state index contributed by atoms with van der Waals surface area (Å²) in [5, 5.41) is 8.48. The van der Waals surface area contributed by atoms with Gasteiger partial charge in [-0.05, 0) is 19.1 Å². The van der Waals surface area contributed by atoms with E-state index in [9.17, 15) is 0 Å². The molecule has 0 atom stereocenters. The second kappa shape index (κ2) is 5.27. The summed E-state index contributed by atoms with van der Waals surface area (Å²) < 4.78 is 7.39. The summed E-state index contributed by atoms with van der Waals surface area (Å²) in [4.78, 5) is 5.26. The highest BCUT2D eigenvalue weighted by Crippen LogP contribution is 2.18. The molecule has 0 amide bonds. The first-order valence-corrected chi connectivity index (χ1v) is 6.87. The maximum absolute atomic E-state index is 5.59. The van der Waals surface area contributed by atoms with E-state index in [4.69, 9.17) is 4.74 Å². The molecule has 1 aromatic carbocycles. The number of rotatable bonds is 5. The predicted octanol–water partition coefficient (Wildman–Crippen LogP) is 2.59. The van der Waals surface area contributed by atoms with E-state index in [0.29, 0.717) is 13.2 Å². The van der Waals surface area contributed by atoms with Crippen LogP contribution in [0, 0.1) is 6.92 Å². The number of anilines is 1. The normalized spacial score (nSPS) is 10.8. The van der Waals surface area contributed by atoms with Gasteiger partial charge in [-0.2, -0.15) is 0 Å². The number of imidazole rings is 1. The first kappa shape index (κ1) is 12.0. The van der Waals surface area contributed by atoms with Crippen LogP contribution in [0.4, 0.5) is 5.13 Å². The molecule has 0 unspecified atom stereocenters. The van der Waals surface area contributed by atoms with Gasteiger partial charge in [-0.15, -0.1) is 5.10 Å². The van der Waals surface area contributed by atoms with Crippen LogP contribution in [-0.4, -0.2) is 27.7 Å². The molecule has 98 valence electrons. The lowest BCUT2D eigenvalue weighted by atomic mass is 10.3. The zero-order chi connectivity index (χ0) is 13.1. The number of ether oxygens (including phenoxy) is 1. The van der Waals surface area contributed by atoms with E-state index >= 15 is 0 Å². The minimum atomic E-state index is 0.602. The van der Waals surface area contributed by atoms with E-state index in [-0.39, 0.29) is 0 Å². The summed E-state index contributed by atoms with van der Waals surface area (Å²) in [5.74, 6) is 0.883. The molecular formula is C13H14N4OS. The van der Waals surface area contributed by atoms with Crippen molar-refractivity contribution in [3.05, 3.63) is 42.2 Å². The molecule has 3 rings (SSSR count). The molecule has 0 bridgehead atoms. The summed E-state index contributed by atoms with van der Waals surface area (Å²) in [5.41, 5.74) is 0.984. The Kier molecular flexibility index (Phi) is 3.33. The summed E-state index contributed by atoms with van der Waals surface area (Å²) in [6.07, 6.45) is 1.91. The lowest BCUT2D eigenvalue weighted by Gasteiger charge is -2.05. The van der Waals surface area contributed by atoms with E-state index in [2.05, 4.69) is 15.4 Å². The third-order valence-corrected chi connectivity index (χ3v) is 3.43. The quantitative estimate of drug-likeness (QED) is 0.727. The van der Waals surface area contributed by atoms with E-state index in [1.54, 1.807) is 4.52 Å². The summed E-state index contributed by atoms with van der Waals surface area (Å²) in [7, 11) is 0. The number of para-hydroxylation sites is 1. The Balaban J connectivity index is 1.50. The molecule has 0 spiro atoms. The highest BCUT2D eigenvalue weighted by Gasteiger charge is 2.05. The second-order valence-electron chi connectivity index (χ2n) is 4.10. The van der Waals surface area contributed by atoms with Gasteiger partial charge in [0.25, 0.3) is 0 Å². The third-order valence-electron chi connectivity index (χ3n) is 2.55. The highest BCUT2D eigenvalue weighted by atomic mass is 32.1. The van der Waals surface area contributed by atoms with Gasteiger partial charge in [0.05, 0.1) is 18.4 Å². The molecule has 6 heteroatoms. The van der Waals surface area contributed by atoms with Gasteiger partial charge in [0, 0.05) is 0 Å². The van der Waals surface area contributed by atoms with E-state index in [1.807, 2.05) is 43.5 Å². The monoisotopic (exact) mass is 274 g/mol. The SMILES string of the molecule is Cc1cn2nc(NCCOc3ccccc3)sc2n1. The lowest BCUT2D eigenvalue weighted by molar-refractivity contribution is 0.333. The predicted molar refractivity (Wildman–Crippen MR) is 76.0 cm³/mol. The minimum Gasteiger partial charge on any atom is -0.492 e. The topological polar surface area (TPSA) is 51.5 Å². The number of hydrogen-bond acceptors (Lipinski definition) is 5.